The van der Waals surface area contributed by atoms with Crippen molar-refractivity contribution in [3.8, 4) is 5.75 Å². The standard InChI is InChI=1S/C16H25NO2/c1-12(6-5-9-18)17-14-10-13(11-14)15-7-3-4-8-16(15)19-2/h3-4,7-8,12-14,17-18H,5-6,9-11H2,1-2H3. The highest BCUT2D eigenvalue weighted by Gasteiger charge is 2.32. The molecule has 3 nitrogen and oxygen atoms in total. The van der Waals surface area contributed by atoms with Crippen molar-refractivity contribution in [3.05, 3.63) is 29.8 Å². The van der Waals surface area contributed by atoms with Gasteiger partial charge in [0.25, 0.3) is 0 Å². The summed E-state index contributed by atoms with van der Waals surface area (Å²) in [6.45, 7) is 2.49. The van der Waals surface area contributed by atoms with Crippen molar-refractivity contribution in [3.63, 3.8) is 0 Å². The average molecular weight is 263 g/mol. The van der Waals surface area contributed by atoms with Gasteiger partial charge in [0.1, 0.15) is 5.75 Å². The monoisotopic (exact) mass is 263 g/mol. The molecule has 1 aromatic carbocycles. The first-order valence-electron chi connectivity index (χ1n) is 7.24. The van der Waals surface area contributed by atoms with Crippen molar-refractivity contribution in [1.29, 1.82) is 0 Å². The largest absolute Gasteiger partial charge is 0.496 e. The summed E-state index contributed by atoms with van der Waals surface area (Å²) in [5.41, 5.74) is 1.34. The number of hydrogen-bond donors (Lipinski definition) is 2. The molecule has 1 aliphatic carbocycles. The Morgan fingerprint density at radius 1 is 1.37 bits per heavy atom. The maximum absolute atomic E-state index is 8.83. The molecule has 106 valence electrons. The number of methoxy groups -OCH3 is 1. The fourth-order valence-electron chi connectivity index (χ4n) is 2.89. The van der Waals surface area contributed by atoms with Crippen molar-refractivity contribution in [2.75, 3.05) is 13.7 Å². The van der Waals surface area contributed by atoms with E-state index in [-0.39, 0.29) is 0 Å². The van der Waals surface area contributed by atoms with Gasteiger partial charge in [-0.1, -0.05) is 18.2 Å². The van der Waals surface area contributed by atoms with Crippen LogP contribution in [0.25, 0.3) is 0 Å². The third kappa shape index (κ3) is 3.71. The molecule has 1 aliphatic rings. The van der Waals surface area contributed by atoms with Crippen molar-refractivity contribution < 1.29 is 9.84 Å². The number of aliphatic hydroxyl groups excluding tert-OH is 1. The summed E-state index contributed by atoms with van der Waals surface area (Å²) in [7, 11) is 1.74. The van der Waals surface area contributed by atoms with Gasteiger partial charge in [-0.05, 0) is 50.2 Å². The zero-order chi connectivity index (χ0) is 13.7. The highest BCUT2D eigenvalue weighted by molar-refractivity contribution is 5.37. The second-order valence-corrected chi connectivity index (χ2v) is 5.54. The Labute approximate surface area is 116 Å². The fourth-order valence-corrected chi connectivity index (χ4v) is 2.89. The summed E-state index contributed by atoms with van der Waals surface area (Å²) in [5, 5.41) is 12.5. The summed E-state index contributed by atoms with van der Waals surface area (Å²) < 4.78 is 5.42. The second kappa shape index (κ2) is 6.92. The van der Waals surface area contributed by atoms with Gasteiger partial charge >= 0.3 is 0 Å². The van der Waals surface area contributed by atoms with Gasteiger partial charge in [0.2, 0.25) is 0 Å². The van der Waals surface area contributed by atoms with E-state index in [0.717, 1.165) is 18.6 Å². The molecule has 1 atom stereocenters. The lowest BCUT2D eigenvalue weighted by Gasteiger charge is -2.38. The predicted octanol–water partition coefficient (Wildman–Crippen LogP) is 2.69. The maximum Gasteiger partial charge on any atom is 0.122 e. The fraction of sp³-hybridized carbons (Fsp3) is 0.625. The smallest absolute Gasteiger partial charge is 0.122 e. The van der Waals surface area contributed by atoms with Crippen molar-refractivity contribution in [2.45, 2.75) is 50.6 Å². The Bertz CT molecular complexity index is 388. The first-order valence-corrected chi connectivity index (χ1v) is 7.24. The molecule has 1 saturated carbocycles. The summed E-state index contributed by atoms with van der Waals surface area (Å²) in [6.07, 6.45) is 4.30. The van der Waals surface area contributed by atoms with Gasteiger partial charge in [-0.3, -0.25) is 0 Å². The minimum Gasteiger partial charge on any atom is -0.496 e. The van der Waals surface area contributed by atoms with Crippen LogP contribution in [0.3, 0.4) is 0 Å². The molecule has 3 heteroatoms. The van der Waals surface area contributed by atoms with Crippen LogP contribution in [0.15, 0.2) is 24.3 Å². The van der Waals surface area contributed by atoms with Gasteiger partial charge in [0, 0.05) is 18.7 Å². The lowest BCUT2D eigenvalue weighted by Crippen LogP contribution is -2.44. The molecule has 1 unspecified atom stereocenters. The summed E-state index contributed by atoms with van der Waals surface area (Å²) in [5.74, 6) is 1.64. The molecule has 0 saturated heterocycles. The first kappa shape index (κ1) is 14.4. The van der Waals surface area contributed by atoms with Crippen LogP contribution in [-0.2, 0) is 0 Å². The number of nitrogens with one attached hydrogen (secondary N) is 1. The zero-order valence-corrected chi connectivity index (χ0v) is 11.9. The molecule has 0 radical (unpaired) electrons. The topological polar surface area (TPSA) is 41.5 Å². The molecule has 1 aromatic rings. The van der Waals surface area contributed by atoms with E-state index in [1.54, 1.807) is 7.11 Å². The first-order chi connectivity index (χ1) is 9.24. The van der Waals surface area contributed by atoms with Crippen LogP contribution in [-0.4, -0.2) is 30.9 Å². The molecule has 2 rings (SSSR count). The van der Waals surface area contributed by atoms with E-state index in [4.69, 9.17) is 9.84 Å². The predicted molar refractivity (Wildman–Crippen MR) is 77.7 cm³/mol. The minimum atomic E-state index is 0.292. The van der Waals surface area contributed by atoms with Crippen LogP contribution in [0.4, 0.5) is 0 Å². The number of ether oxygens (including phenoxy) is 1. The number of benzene rings is 1. The molecule has 0 aliphatic heterocycles. The molecule has 2 N–H and O–H groups in total. The molecular formula is C16H25NO2. The lowest BCUT2D eigenvalue weighted by molar-refractivity contribution is 0.242. The Kier molecular flexibility index (Phi) is 5.23. The summed E-state index contributed by atoms with van der Waals surface area (Å²) in [4.78, 5) is 0. The van der Waals surface area contributed by atoms with Gasteiger partial charge in [-0.25, -0.2) is 0 Å². The molecule has 0 heterocycles. The van der Waals surface area contributed by atoms with E-state index >= 15 is 0 Å². The number of para-hydroxylation sites is 1. The van der Waals surface area contributed by atoms with Crippen molar-refractivity contribution >= 4 is 0 Å². The van der Waals surface area contributed by atoms with Crippen LogP contribution in [0.5, 0.6) is 5.75 Å². The SMILES string of the molecule is COc1ccccc1C1CC(NC(C)CCCO)C1. The molecule has 0 aromatic heterocycles. The highest BCUT2D eigenvalue weighted by Crippen LogP contribution is 2.41. The third-order valence-electron chi connectivity index (χ3n) is 4.03. The summed E-state index contributed by atoms with van der Waals surface area (Å²) >= 11 is 0. The van der Waals surface area contributed by atoms with Crippen molar-refractivity contribution in [2.24, 2.45) is 0 Å². The number of hydrogen-bond acceptors (Lipinski definition) is 3. The van der Waals surface area contributed by atoms with Crippen LogP contribution >= 0.6 is 0 Å². The Morgan fingerprint density at radius 3 is 2.79 bits per heavy atom. The molecule has 0 bridgehead atoms. The van der Waals surface area contributed by atoms with E-state index in [1.807, 2.05) is 12.1 Å². The molecule has 19 heavy (non-hydrogen) atoms. The van der Waals surface area contributed by atoms with E-state index in [9.17, 15) is 0 Å². The van der Waals surface area contributed by atoms with Gasteiger partial charge in [-0.15, -0.1) is 0 Å². The molecule has 0 spiro atoms. The minimum absolute atomic E-state index is 0.292. The molecule has 0 amide bonds. The van der Waals surface area contributed by atoms with Gasteiger partial charge in [0.05, 0.1) is 7.11 Å². The molecule has 1 fully saturated rings. The Balaban J connectivity index is 1.79. The maximum atomic E-state index is 8.83. The second-order valence-electron chi connectivity index (χ2n) is 5.54. The van der Waals surface area contributed by atoms with Crippen molar-refractivity contribution in [1.82, 2.24) is 5.32 Å². The molecular weight excluding hydrogens is 238 g/mol. The lowest BCUT2D eigenvalue weighted by atomic mass is 9.75. The zero-order valence-electron chi connectivity index (χ0n) is 11.9. The average Bonchev–Trinajstić information content (AvgIpc) is 2.40. The van der Waals surface area contributed by atoms with Gasteiger partial charge in [-0.2, -0.15) is 0 Å². The highest BCUT2D eigenvalue weighted by atomic mass is 16.5. The number of rotatable bonds is 7. The quantitative estimate of drug-likeness (QED) is 0.794. The third-order valence-corrected chi connectivity index (χ3v) is 4.03. The van der Waals surface area contributed by atoms with E-state index < -0.39 is 0 Å². The van der Waals surface area contributed by atoms with Crippen LogP contribution in [0.2, 0.25) is 0 Å². The van der Waals surface area contributed by atoms with Crippen LogP contribution in [0.1, 0.15) is 44.1 Å². The Morgan fingerprint density at radius 2 is 2.11 bits per heavy atom. The van der Waals surface area contributed by atoms with E-state index in [0.29, 0.717) is 24.6 Å². The number of aliphatic hydroxyl groups is 1. The van der Waals surface area contributed by atoms with E-state index in [2.05, 4.69) is 24.4 Å². The summed E-state index contributed by atoms with van der Waals surface area (Å²) in [6, 6.07) is 9.43. The van der Waals surface area contributed by atoms with Gasteiger partial charge in [0.15, 0.2) is 0 Å². The van der Waals surface area contributed by atoms with E-state index in [1.165, 1.54) is 18.4 Å². The van der Waals surface area contributed by atoms with Crippen LogP contribution < -0.4 is 10.1 Å². The Hall–Kier alpha value is -1.06. The van der Waals surface area contributed by atoms with Crippen LogP contribution in [0, 0.1) is 0 Å². The normalized spacial score (nSPS) is 23.7. The van der Waals surface area contributed by atoms with Gasteiger partial charge < -0.3 is 15.2 Å².